The van der Waals surface area contributed by atoms with E-state index in [0.717, 1.165) is 36.2 Å². The standard InChI is InChI=1S/C17H19F3N4O5S2/c1-31(27,28)8-6-11(25)3-2-7-30-17-14(23-29-24-17)16(22-26)21-10-4-5-13(18)12(9-10)15(19)20/h4-5,9,15,26H,2-3,6-8H2,1H3,(H,21,22). The van der Waals surface area contributed by atoms with Gasteiger partial charge in [0.2, 0.25) is 0 Å². The van der Waals surface area contributed by atoms with Crippen molar-refractivity contribution in [3.8, 4) is 0 Å². The van der Waals surface area contributed by atoms with Crippen molar-refractivity contribution in [3.63, 3.8) is 0 Å². The number of aromatic nitrogens is 2. The van der Waals surface area contributed by atoms with Gasteiger partial charge in [-0.15, -0.1) is 11.8 Å². The van der Waals surface area contributed by atoms with E-state index in [0.29, 0.717) is 12.2 Å². The van der Waals surface area contributed by atoms with E-state index in [-0.39, 0.29) is 46.6 Å². The number of halogens is 3. The van der Waals surface area contributed by atoms with Gasteiger partial charge in [0.05, 0.1) is 17.0 Å². The van der Waals surface area contributed by atoms with E-state index in [2.05, 4.69) is 19.9 Å². The van der Waals surface area contributed by atoms with Crippen molar-refractivity contribution in [2.75, 3.05) is 17.8 Å². The molecule has 0 aliphatic carbocycles. The molecule has 2 rings (SSSR count). The zero-order valence-electron chi connectivity index (χ0n) is 16.2. The Morgan fingerprint density at radius 3 is 2.71 bits per heavy atom. The molecule has 9 nitrogen and oxygen atoms in total. The van der Waals surface area contributed by atoms with Crippen molar-refractivity contribution >= 4 is 38.9 Å². The van der Waals surface area contributed by atoms with Crippen LogP contribution >= 0.6 is 11.8 Å². The number of Topliss-reactive ketones (excluding diaryl/α,β-unsaturated/α-hetero) is 1. The van der Waals surface area contributed by atoms with E-state index < -0.39 is 27.6 Å². The summed E-state index contributed by atoms with van der Waals surface area (Å²) in [6.45, 7) is 0. The predicted molar refractivity (Wildman–Crippen MR) is 106 cm³/mol. The number of ketones is 1. The number of alkyl halides is 2. The fourth-order valence-electron chi connectivity index (χ4n) is 2.31. The maximum absolute atomic E-state index is 13.4. The van der Waals surface area contributed by atoms with Gasteiger partial charge in [-0.05, 0) is 34.9 Å². The molecule has 31 heavy (non-hydrogen) atoms. The van der Waals surface area contributed by atoms with E-state index in [1.54, 1.807) is 5.48 Å². The van der Waals surface area contributed by atoms with Crippen molar-refractivity contribution in [1.29, 1.82) is 0 Å². The Morgan fingerprint density at radius 1 is 1.32 bits per heavy atom. The fourth-order valence-corrected chi connectivity index (χ4v) is 3.75. The second-order valence-corrected chi connectivity index (χ2v) is 9.71. The van der Waals surface area contributed by atoms with Crippen molar-refractivity contribution in [3.05, 3.63) is 35.3 Å². The molecule has 0 bridgehead atoms. The van der Waals surface area contributed by atoms with Gasteiger partial charge >= 0.3 is 0 Å². The first kappa shape index (κ1) is 24.8. The lowest BCUT2D eigenvalue weighted by Gasteiger charge is -2.06. The minimum Gasteiger partial charge on any atom is -0.300 e. The number of nitrogens with zero attached hydrogens (tertiary/aromatic N) is 3. The number of nitrogens with one attached hydrogen (secondary N) is 1. The Kier molecular flexibility index (Phi) is 9.00. The molecule has 1 heterocycles. The number of hydrogen-bond acceptors (Lipinski definition) is 9. The molecule has 0 saturated carbocycles. The third kappa shape index (κ3) is 7.95. The molecule has 0 fully saturated rings. The molecular formula is C17H19F3N4O5S2. The lowest BCUT2D eigenvalue weighted by molar-refractivity contribution is -0.118. The van der Waals surface area contributed by atoms with Crippen LogP contribution in [0.3, 0.4) is 0 Å². The van der Waals surface area contributed by atoms with Crippen molar-refractivity contribution in [2.45, 2.75) is 30.7 Å². The normalized spacial score (nSPS) is 12.4. The highest BCUT2D eigenvalue weighted by atomic mass is 32.2. The summed E-state index contributed by atoms with van der Waals surface area (Å²) >= 11 is 1.13. The molecule has 170 valence electrons. The molecule has 0 atom stereocenters. The first-order valence-corrected chi connectivity index (χ1v) is 11.9. The Bertz CT molecular complexity index is 1040. The summed E-state index contributed by atoms with van der Waals surface area (Å²) in [6, 6.07) is 2.80. The van der Waals surface area contributed by atoms with Crippen LogP contribution in [0.5, 0.6) is 0 Å². The van der Waals surface area contributed by atoms with E-state index in [1.165, 1.54) is 0 Å². The highest BCUT2D eigenvalue weighted by Gasteiger charge is 2.19. The third-order valence-electron chi connectivity index (χ3n) is 3.83. The molecule has 0 amide bonds. The molecule has 0 aliphatic rings. The molecule has 0 aliphatic heterocycles. The average Bonchev–Trinajstić information content (AvgIpc) is 3.16. The van der Waals surface area contributed by atoms with Gasteiger partial charge in [-0.1, -0.05) is 0 Å². The number of carbonyl (C=O) groups is 1. The lowest BCUT2D eigenvalue weighted by atomic mass is 10.2. The Balaban J connectivity index is 2.02. The topological polar surface area (TPSA) is 135 Å². The summed E-state index contributed by atoms with van der Waals surface area (Å²) in [5, 5.41) is 16.9. The summed E-state index contributed by atoms with van der Waals surface area (Å²) < 4.78 is 65.9. The minimum absolute atomic E-state index is 0.0150. The van der Waals surface area contributed by atoms with Crippen molar-refractivity contribution in [1.82, 2.24) is 15.8 Å². The number of carbonyl (C=O) groups excluding carboxylic acids is 1. The van der Waals surface area contributed by atoms with Gasteiger partial charge in [0.1, 0.15) is 21.4 Å². The number of aliphatic imine (C=N–C) groups is 1. The van der Waals surface area contributed by atoms with E-state index in [9.17, 15) is 31.6 Å². The van der Waals surface area contributed by atoms with Crippen LogP contribution in [0.15, 0.2) is 32.8 Å². The zero-order valence-corrected chi connectivity index (χ0v) is 17.9. The lowest BCUT2D eigenvalue weighted by Crippen LogP contribution is -2.21. The Hall–Kier alpha value is -2.45. The van der Waals surface area contributed by atoms with Crippen LogP contribution in [0, 0.1) is 5.82 Å². The van der Waals surface area contributed by atoms with Gasteiger partial charge in [0, 0.05) is 24.9 Å². The first-order valence-electron chi connectivity index (χ1n) is 8.82. The van der Waals surface area contributed by atoms with Crippen LogP contribution in [-0.2, 0) is 14.6 Å². The van der Waals surface area contributed by atoms with Crippen molar-refractivity contribution < 1.29 is 36.2 Å². The SMILES string of the molecule is CS(=O)(=O)CCC(=O)CCCSc1nonc1C(=Nc1ccc(F)c(C(F)F)c1)NO. The van der Waals surface area contributed by atoms with Crippen LogP contribution < -0.4 is 5.48 Å². The highest BCUT2D eigenvalue weighted by Crippen LogP contribution is 2.27. The fraction of sp³-hybridized carbons (Fsp3) is 0.412. The second kappa shape index (κ2) is 11.2. The summed E-state index contributed by atoms with van der Waals surface area (Å²) in [7, 11) is -3.20. The predicted octanol–water partition coefficient (Wildman–Crippen LogP) is 3.08. The van der Waals surface area contributed by atoms with Crippen LogP contribution in [-0.4, -0.2) is 53.3 Å². The van der Waals surface area contributed by atoms with Crippen molar-refractivity contribution in [2.24, 2.45) is 4.99 Å². The summed E-state index contributed by atoms with van der Waals surface area (Å²) in [5.41, 5.74) is 0.856. The van der Waals surface area contributed by atoms with Gasteiger partial charge in [0.15, 0.2) is 16.6 Å². The van der Waals surface area contributed by atoms with Gasteiger partial charge in [-0.3, -0.25) is 15.5 Å². The number of benzene rings is 1. The monoisotopic (exact) mass is 480 g/mol. The van der Waals surface area contributed by atoms with Gasteiger partial charge in [0.25, 0.3) is 6.43 Å². The van der Waals surface area contributed by atoms with Gasteiger partial charge < -0.3 is 0 Å². The molecule has 1 aromatic heterocycles. The maximum atomic E-state index is 13.4. The number of hydroxylamine groups is 1. The van der Waals surface area contributed by atoms with E-state index in [4.69, 9.17) is 0 Å². The average molecular weight is 480 g/mol. The number of hydrogen-bond donors (Lipinski definition) is 2. The molecule has 2 N–H and O–H groups in total. The van der Waals surface area contributed by atoms with Crippen LogP contribution in [0.4, 0.5) is 18.9 Å². The van der Waals surface area contributed by atoms with Gasteiger partial charge in [-0.25, -0.2) is 31.2 Å². The Morgan fingerprint density at radius 2 is 2.06 bits per heavy atom. The largest absolute Gasteiger partial charge is 0.300 e. The molecule has 2 aromatic rings. The molecular weight excluding hydrogens is 461 g/mol. The smallest absolute Gasteiger partial charge is 0.266 e. The molecule has 14 heteroatoms. The quantitative estimate of drug-likeness (QED) is 0.164. The number of sulfone groups is 1. The second-order valence-electron chi connectivity index (χ2n) is 6.37. The van der Waals surface area contributed by atoms with Crippen LogP contribution in [0.2, 0.25) is 0 Å². The molecule has 0 spiro atoms. The summed E-state index contributed by atoms with van der Waals surface area (Å²) in [4.78, 5) is 15.6. The minimum atomic E-state index is -3.20. The number of thioether (sulfide) groups is 1. The van der Waals surface area contributed by atoms with Crippen LogP contribution in [0.1, 0.15) is 36.9 Å². The molecule has 0 unspecified atom stereocenters. The maximum Gasteiger partial charge on any atom is 0.266 e. The number of amidine groups is 1. The van der Waals surface area contributed by atoms with E-state index >= 15 is 0 Å². The zero-order chi connectivity index (χ0) is 23.0. The molecule has 0 radical (unpaired) electrons. The summed E-state index contributed by atoms with van der Waals surface area (Å²) in [6.07, 6.45) is -1.43. The molecule has 0 saturated heterocycles. The third-order valence-corrected chi connectivity index (χ3v) is 5.81. The molecule has 1 aromatic carbocycles. The first-order chi connectivity index (χ1) is 14.6. The number of rotatable bonds is 11. The summed E-state index contributed by atoms with van der Waals surface area (Å²) in [5.74, 6) is -1.33. The van der Waals surface area contributed by atoms with Gasteiger partial charge in [-0.2, -0.15) is 0 Å². The van der Waals surface area contributed by atoms with Crippen LogP contribution in [0.25, 0.3) is 0 Å². The van der Waals surface area contributed by atoms with E-state index in [1.807, 2.05) is 0 Å². The highest BCUT2D eigenvalue weighted by molar-refractivity contribution is 7.99. The Labute approximate surface area is 180 Å².